The number of hydrogen-bond donors (Lipinski definition) is 1. The first-order valence-corrected chi connectivity index (χ1v) is 13.9. The standard InChI is InChI=1S/C29H39N7O/c1-4-5-11-24-19-35(26-13-7-6-12-25(26)21(2)3)28(37)36(24)20-29(14-16-30-17-15-29)23-10-8-9-22(18-23)27-31-33-34-32-27/h8-10,14,16-19,21,25-26H,4-7,11-13,15,20H2,1-3H3,(H,31,32,33,34). The maximum atomic E-state index is 14.2. The highest BCUT2D eigenvalue weighted by Crippen LogP contribution is 2.39. The molecule has 37 heavy (non-hydrogen) atoms. The number of aryl methyl sites for hydroxylation is 1. The molecule has 1 fully saturated rings. The topological polar surface area (TPSA) is 93.8 Å². The first kappa shape index (κ1) is 25.4. The number of hydrogen-bond acceptors (Lipinski definition) is 5. The van der Waals surface area contributed by atoms with Crippen LogP contribution < -0.4 is 5.69 Å². The van der Waals surface area contributed by atoms with Crippen molar-refractivity contribution in [3.8, 4) is 11.4 Å². The molecule has 5 rings (SSSR count). The van der Waals surface area contributed by atoms with Gasteiger partial charge in [-0.15, -0.1) is 10.2 Å². The average Bonchev–Trinajstić information content (AvgIpc) is 3.57. The fourth-order valence-corrected chi connectivity index (χ4v) is 6.26. The van der Waals surface area contributed by atoms with Crippen molar-refractivity contribution in [1.29, 1.82) is 0 Å². The Kier molecular flexibility index (Phi) is 7.53. The molecule has 3 aromatic rings. The summed E-state index contributed by atoms with van der Waals surface area (Å²) >= 11 is 0. The van der Waals surface area contributed by atoms with Crippen LogP contribution in [-0.4, -0.2) is 36.0 Å². The number of nitrogens with one attached hydrogen (secondary N) is 1. The van der Waals surface area contributed by atoms with Crippen LogP contribution >= 0.6 is 0 Å². The van der Waals surface area contributed by atoms with Crippen LogP contribution in [0.15, 0.2) is 52.5 Å². The summed E-state index contributed by atoms with van der Waals surface area (Å²) < 4.78 is 4.16. The van der Waals surface area contributed by atoms with Crippen molar-refractivity contribution in [3.63, 3.8) is 0 Å². The van der Waals surface area contributed by atoms with Crippen LogP contribution in [0.1, 0.15) is 83.0 Å². The number of rotatable bonds is 9. The number of aromatic nitrogens is 6. The molecule has 2 aliphatic rings. The van der Waals surface area contributed by atoms with Gasteiger partial charge in [0.05, 0.1) is 0 Å². The number of allylic oxidation sites excluding steroid dienone is 1. The van der Waals surface area contributed by atoms with Gasteiger partial charge in [-0.2, -0.15) is 5.21 Å². The largest absolute Gasteiger partial charge is 0.328 e. The van der Waals surface area contributed by atoms with E-state index in [2.05, 4.69) is 79.9 Å². The molecule has 0 amide bonds. The van der Waals surface area contributed by atoms with E-state index in [9.17, 15) is 4.79 Å². The first-order valence-electron chi connectivity index (χ1n) is 13.9. The van der Waals surface area contributed by atoms with Gasteiger partial charge in [0.2, 0.25) is 5.82 Å². The van der Waals surface area contributed by atoms with E-state index in [0.29, 0.717) is 24.2 Å². The molecular formula is C29H39N7O. The van der Waals surface area contributed by atoms with Crippen LogP contribution in [0, 0.1) is 11.8 Å². The third-order valence-electron chi connectivity index (χ3n) is 8.39. The van der Waals surface area contributed by atoms with Crippen molar-refractivity contribution in [2.75, 3.05) is 0 Å². The Bertz CT molecular complexity index is 1300. The smallest absolute Gasteiger partial charge is 0.296 e. The molecule has 1 aliphatic carbocycles. The summed E-state index contributed by atoms with van der Waals surface area (Å²) in [5.41, 5.74) is 2.91. The Hall–Kier alpha value is -3.29. The van der Waals surface area contributed by atoms with Crippen molar-refractivity contribution in [2.24, 2.45) is 16.8 Å². The van der Waals surface area contributed by atoms with Crippen molar-refractivity contribution in [3.05, 3.63) is 64.5 Å². The molecule has 3 unspecified atom stereocenters. The van der Waals surface area contributed by atoms with Gasteiger partial charge >= 0.3 is 5.69 Å². The molecule has 1 N–H and O–H groups in total. The Labute approximate surface area is 218 Å². The predicted octanol–water partition coefficient (Wildman–Crippen LogP) is 5.49. The summed E-state index contributed by atoms with van der Waals surface area (Å²) in [5, 5.41) is 14.6. The lowest BCUT2D eigenvalue weighted by Gasteiger charge is -2.35. The summed E-state index contributed by atoms with van der Waals surface area (Å²) in [4.78, 5) is 18.5. The number of imidazole rings is 1. The van der Waals surface area contributed by atoms with Crippen molar-refractivity contribution in [2.45, 2.75) is 90.1 Å². The molecule has 8 nitrogen and oxygen atoms in total. The summed E-state index contributed by atoms with van der Waals surface area (Å²) in [6.45, 7) is 7.40. The van der Waals surface area contributed by atoms with Gasteiger partial charge in [0.25, 0.3) is 0 Å². The van der Waals surface area contributed by atoms with Crippen LogP contribution in [0.3, 0.4) is 0 Å². The number of unbranched alkanes of at least 4 members (excludes halogenated alkanes) is 1. The highest BCUT2D eigenvalue weighted by atomic mass is 16.1. The van der Waals surface area contributed by atoms with Crippen LogP contribution in [-0.2, 0) is 18.4 Å². The highest BCUT2D eigenvalue weighted by molar-refractivity contribution is 5.65. The van der Waals surface area contributed by atoms with Gasteiger partial charge in [0.15, 0.2) is 0 Å². The van der Waals surface area contributed by atoms with E-state index in [0.717, 1.165) is 48.9 Å². The zero-order valence-corrected chi connectivity index (χ0v) is 22.3. The second-order valence-electron chi connectivity index (χ2n) is 11.1. The van der Waals surface area contributed by atoms with Gasteiger partial charge in [-0.05, 0) is 60.8 Å². The minimum absolute atomic E-state index is 0.133. The number of aromatic amines is 1. The SMILES string of the molecule is CCCCc1cn(C2CCCCC2C(C)C)c(=O)n1CC1(c2cccc(-c3nn[nH]n3)c2)C=CN=CC1. The van der Waals surface area contributed by atoms with Crippen molar-refractivity contribution in [1.82, 2.24) is 29.8 Å². The molecule has 1 aliphatic heterocycles. The van der Waals surface area contributed by atoms with Crippen molar-refractivity contribution >= 4 is 6.21 Å². The zero-order chi connectivity index (χ0) is 25.8. The van der Waals surface area contributed by atoms with Gasteiger partial charge in [-0.1, -0.05) is 64.3 Å². The molecule has 196 valence electrons. The second-order valence-corrected chi connectivity index (χ2v) is 11.1. The summed E-state index contributed by atoms with van der Waals surface area (Å²) in [6.07, 6.45) is 16.7. The lowest BCUT2D eigenvalue weighted by Crippen LogP contribution is -2.39. The second kappa shape index (κ2) is 11.0. The van der Waals surface area contributed by atoms with E-state index >= 15 is 0 Å². The molecule has 0 saturated heterocycles. The van der Waals surface area contributed by atoms with E-state index in [1.54, 1.807) is 0 Å². The molecule has 1 saturated carbocycles. The van der Waals surface area contributed by atoms with Gasteiger partial charge in [0, 0.05) is 47.9 Å². The number of H-pyrrole nitrogens is 1. The lowest BCUT2D eigenvalue weighted by molar-refractivity contribution is 0.180. The third kappa shape index (κ3) is 5.11. The van der Waals surface area contributed by atoms with Gasteiger partial charge in [0.1, 0.15) is 0 Å². The monoisotopic (exact) mass is 501 g/mol. The normalized spacial score (nSPS) is 23.7. The van der Waals surface area contributed by atoms with E-state index in [-0.39, 0.29) is 17.1 Å². The van der Waals surface area contributed by atoms with E-state index < -0.39 is 0 Å². The maximum Gasteiger partial charge on any atom is 0.328 e. The number of aliphatic imine (C=N–C) groups is 1. The zero-order valence-electron chi connectivity index (χ0n) is 22.3. The quantitative estimate of drug-likeness (QED) is 0.420. The Morgan fingerprint density at radius 2 is 2.08 bits per heavy atom. The molecule has 0 spiro atoms. The number of nitrogens with zero attached hydrogens (tertiary/aromatic N) is 6. The summed E-state index contributed by atoms with van der Waals surface area (Å²) in [5.74, 6) is 1.68. The number of benzene rings is 1. The van der Waals surface area contributed by atoms with Crippen LogP contribution in [0.2, 0.25) is 0 Å². The lowest BCUT2D eigenvalue weighted by atomic mass is 9.76. The van der Waals surface area contributed by atoms with Gasteiger partial charge < -0.3 is 0 Å². The molecule has 2 aromatic heterocycles. The fraction of sp³-hybridized carbons (Fsp3) is 0.552. The van der Waals surface area contributed by atoms with Gasteiger partial charge in [-0.3, -0.25) is 14.1 Å². The van der Waals surface area contributed by atoms with Crippen LogP contribution in [0.4, 0.5) is 0 Å². The maximum absolute atomic E-state index is 14.2. The van der Waals surface area contributed by atoms with Gasteiger partial charge in [-0.25, -0.2) is 4.79 Å². The average molecular weight is 502 g/mol. The van der Waals surface area contributed by atoms with E-state index in [1.807, 2.05) is 24.5 Å². The molecule has 1 aromatic carbocycles. The summed E-state index contributed by atoms with van der Waals surface area (Å²) in [6, 6.07) is 8.56. The third-order valence-corrected chi connectivity index (χ3v) is 8.39. The van der Waals surface area contributed by atoms with E-state index in [1.165, 1.54) is 19.3 Å². The predicted molar refractivity (Wildman–Crippen MR) is 147 cm³/mol. The molecule has 8 heteroatoms. The highest BCUT2D eigenvalue weighted by Gasteiger charge is 2.35. The molecule has 3 heterocycles. The minimum Gasteiger partial charge on any atom is -0.296 e. The molecular weight excluding hydrogens is 462 g/mol. The summed E-state index contributed by atoms with van der Waals surface area (Å²) in [7, 11) is 0. The molecule has 0 bridgehead atoms. The fourth-order valence-electron chi connectivity index (χ4n) is 6.26. The number of tetrazole rings is 1. The Morgan fingerprint density at radius 1 is 1.22 bits per heavy atom. The molecule has 0 radical (unpaired) electrons. The Morgan fingerprint density at radius 3 is 2.81 bits per heavy atom. The van der Waals surface area contributed by atoms with Crippen molar-refractivity contribution < 1.29 is 0 Å². The minimum atomic E-state index is -0.386. The molecule has 3 atom stereocenters. The Balaban J connectivity index is 1.57. The van der Waals surface area contributed by atoms with Crippen LogP contribution in [0.5, 0.6) is 0 Å². The van der Waals surface area contributed by atoms with Crippen LogP contribution in [0.25, 0.3) is 11.4 Å². The first-order chi connectivity index (χ1) is 18.0. The van der Waals surface area contributed by atoms with E-state index in [4.69, 9.17) is 0 Å².